The Morgan fingerprint density at radius 2 is 1.53 bits per heavy atom. The van der Waals surface area contributed by atoms with Gasteiger partial charge in [0, 0.05) is 6.42 Å². The molecule has 0 heterocycles. The van der Waals surface area contributed by atoms with Gasteiger partial charge in [-0.1, -0.05) is 52.4 Å². The fraction of sp³-hybridized carbons (Fsp3) is 0.933. The molecule has 102 valence electrons. The normalized spacial score (nSPS) is 12.4. The Hall–Kier alpha value is -0.530. The molecule has 0 unspecified atom stereocenters. The third-order valence-corrected chi connectivity index (χ3v) is 3.03. The van der Waals surface area contributed by atoms with Gasteiger partial charge in [0.1, 0.15) is 0 Å². The highest BCUT2D eigenvalue weighted by atomic mass is 16.5. The van der Waals surface area contributed by atoms with Crippen molar-refractivity contribution in [3.8, 4) is 0 Å². The summed E-state index contributed by atoms with van der Waals surface area (Å²) in [4.78, 5) is 11.5. The molecule has 17 heavy (non-hydrogen) atoms. The van der Waals surface area contributed by atoms with Crippen molar-refractivity contribution in [2.75, 3.05) is 0 Å². The van der Waals surface area contributed by atoms with E-state index in [0.29, 0.717) is 6.42 Å². The number of carbonyl (C=O) groups excluding carboxylic acids is 1. The average Bonchev–Trinajstić information content (AvgIpc) is 2.30. The fourth-order valence-electron chi connectivity index (χ4n) is 1.90. The van der Waals surface area contributed by atoms with Crippen LogP contribution in [-0.4, -0.2) is 12.1 Å². The molecule has 0 radical (unpaired) electrons. The highest BCUT2D eigenvalue weighted by Crippen LogP contribution is 2.10. The van der Waals surface area contributed by atoms with Crippen molar-refractivity contribution in [3.05, 3.63) is 0 Å². The summed E-state index contributed by atoms with van der Waals surface area (Å²) < 4.78 is 5.37. The maximum Gasteiger partial charge on any atom is 0.306 e. The molecule has 0 aliphatic carbocycles. The van der Waals surface area contributed by atoms with Gasteiger partial charge >= 0.3 is 5.97 Å². The molecular weight excluding hydrogens is 212 g/mol. The first kappa shape index (κ1) is 16.5. The zero-order valence-electron chi connectivity index (χ0n) is 12.0. The van der Waals surface area contributed by atoms with Crippen LogP contribution < -0.4 is 0 Å². The van der Waals surface area contributed by atoms with E-state index in [1.54, 1.807) is 0 Å². The largest absolute Gasteiger partial charge is 0.463 e. The smallest absolute Gasteiger partial charge is 0.306 e. The molecule has 0 aromatic heterocycles. The van der Waals surface area contributed by atoms with Gasteiger partial charge in [-0.05, 0) is 26.2 Å². The van der Waals surface area contributed by atoms with Crippen LogP contribution in [0.1, 0.15) is 85.0 Å². The van der Waals surface area contributed by atoms with Crippen molar-refractivity contribution in [1.82, 2.24) is 0 Å². The average molecular weight is 242 g/mol. The van der Waals surface area contributed by atoms with Crippen LogP contribution in [0.4, 0.5) is 0 Å². The molecule has 0 saturated carbocycles. The highest BCUT2D eigenvalue weighted by molar-refractivity contribution is 5.69. The summed E-state index contributed by atoms with van der Waals surface area (Å²) in [6.45, 7) is 6.40. The quantitative estimate of drug-likeness (QED) is 0.382. The minimum Gasteiger partial charge on any atom is -0.463 e. The lowest BCUT2D eigenvalue weighted by molar-refractivity contribution is -0.148. The van der Waals surface area contributed by atoms with E-state index in [-0.39, 0.29) is 12.1 Å². The molecule has 2 heteroatoms. The second-order valence-electron chi connectivity index (χ2n) is 4.96. The van der Waals surface area contributed by atoms with Gasteiger partial charge in [0.2, 0.25) is 0 Å². The fourth-order valence-corrected chi connectivity index (χ4v) is 1.90. The number of carbonyl (C=O) groups is 1. The van der Waals surface area contributed by atoms with Crippen molar-refractivity contribution in [3.63, 3.8) is 0 Å². The van der Waals surface area contributed by atoms with Crippen LogP contribution in [0.15, 0.2) is 0 Å². The predicted molar refractivity (Wildman–Crippen MR) is 73.1 cm³/mol. The molecule has 0 aromatic rings. The van der Waals surface area contributed by atoms with E-state index < -0.39 is 0 Å². The van der Waals surface area contributed by atoms with Gasteiger partial charge in [0.25, 0.3) is 0 Å². The van der Waals surface area contributed by atoms with E-state index in [0.717, 1.165) is 19.3 Å². The van der Waals surface area contributed by atoms with E-state index in [1.807, 2.05) is 6.92 Å². The molecule has 0 N–H and O–H groups in total. The summed E-state index contributed by atoms with van der Waals surface area (Å²) in [7, 11) is 0. The van der Waals surface area contributed by atoms with Crippen LogP contribution in [0.3, 0.4) is 0 Å². The van der Waals surface area contributed by atoms with Crippen LogP contribution in [0.25, 0.3) is 0 Å². The Labute approximate surface area is 107 Å². The van der Waals surface area contributed by atoms with Crippen molar-refractivity contribution < 1.29 is 9.53 Å². The molecule has 0 rings (SSSR count). The second-order valence-corrected chi connectivity index (χ2v) is 4.96. The zero-order valence-corrected chi connectivity index (χ0v) is 12.0. The van der Waals surface area contributed by atoms with Gasteiger partial charge in [-0.25, -0.2) is 0 Å². The van der Waals surface area contributed by atoms with Crippen LogP contribution in [0, 0.1) is 0 Å². The topological polar surface area (TPSA) is 26.3 Å². The van der Waals surface area contributed by atoms with Crippen molar-refractivity contribution in [1.29, 1.82) is 0 Å². The monoisotopic (exact) mass is 242 g/mol. The number of unbranched alkanes of at least 4 members (excludes halogenated alkanes) is 6. The Bertz CT molecular complexity index is 178. The first-order valence-electron chi connectivity index (χ1n) is 7.40. The van der Waals surface area contributed by atoms with Crippen molar-refractivity contribution in [2.24, 2.45) is 0 Å². The van der Waals surface area contributed by atoms with E-state index >= 15 is 0 Å². The Kier molecular flexibility index (Phi) is 11.6. The first-order valence-corrected chi connectivity index (χ1v) is 7.40. The molecule has 0 aliphatic heterocycles. The van der Waals surface area contributed by atoms with Gasteiger partial charge in [-0.3, -0.25) is 4.79 Å². The number of esters is 1. The predicted octanol–water partition coefficient (Wildman–Crippen LogP) is 4.86. The third kappa shape index (κ3) is 11.7. The Balaban J connectivity index is 3.38. The van der Waals surface area contributed by atoms with Crippen LogP contribution >= 0.6 is 0 Å². The van der Waals surface area contributed by atoms with E-state index in [9.17, 15) is 4.79 Å². The standard InChI is InChI=1S/C15H30O2/c1-4-6-8-10-12-14(3)17-15(16)13-11-9-7-5-2/h14H,4-13H2,1-3H3/t14-/m0/s1. The number of hydrogen-bond acceptors (Lipinski definition) is 2. The highest BCUT2D eigenvalue weighted by Gasteiger charge is 2.08. The number of rotatable bonds is 11. The zero-order chi connectivity index (χ0) is 12.9. The molecule has 0 spiro atoms. The number of hydrogen-bond donors (Lipinski definition) is 0. The first-order chi connectivity index (χ1) is 8.20. The molecule has 0 amide bonds. The molecule has 0 aliphatic rings. The maximum absolute atomic E-state index is 11.5. The summed E-state index contributed by atoms with van der Waals surface area (Å²) in [5.41, 5.74) is 0. The minimum atomic E-state index is -0.0101. The maximum atomic E-state index is 11.5. The van der Waals surface area contributed by atoms with E-state index in [2.05, 4.69) is 13.8 Å². The lowest BCUT2D eigenvalue weighted by atomic mass is 10.1. The molecule has 0 saturated heterocycles. The van der Waals surface area contributed by atoms with E-state index in [4.69, 9.17) is 4.74 Å². The minimum absolute atomic E-state index is 0.0101. The van der Waals surface area contributed by atoms with Crippen LogP contribution in [0.5, 0.6) is 0 Å². The molecule has 0 fully saturated rings. The van der Waals surface area contributed by atoms with Crippen LogP contribution in [0.2, 0.25) is 0 Å². The summed E-state index contributed by atoms with van der Waals surface area (Å²) in [6.07, 6.45) is 11.3. The van der Waals surface area contributed by atoms with E-state index in [1.165, 1.54) is 38.5 Å². The number of ether oxygens (including phenoxy) is 1. The van der Waals surface area contributed by atoms with Gasteiger partial charge in [-0.15, -0.1) is 0 Å². The van der Waals surface area contributed by atoms with Gasteiger partial charge in [0.05, 0.1) is 6.10 Å². The van der Waals surface area contributed by atoms with Crippen molar-refractivity contribution in [2.45, 2.75) is 91.1 Å². The Morgan fingerprint density at radius 3 is 2.12 bits per heavy atom. The molecule has 1 atom stereocenters. The molecular formula is C15H30O2. The Morgan fingerprint density at radius 1 is 0.941 bits per heavy atom. The lowest BCUT2D eigenvalue weighted by Crippen LogP contribution is -2.14. The summed E-state index contributed by atoms with van der Waals surface area (Å²) in [5.74, 6) is -0.0101. The molecule has 0 aromatic carbocycles. The van der Waals surface area contributed by atoms with Gasteiger partial charge in [-0.2, -0.15) is 0 Å². The second kappa shape index (κ2) is 11.9. The van der Waals surface area contributed by atoms with Crippen molar-refractivity contribution >= 4 is 5.97 Å². The summed E-state index contributed by atoms with van der Waals surface area (Å²) >= 11 is 0. The van der Waals surface area contributed by atoms with Gasteiger partial charge in [0.15, 0.2) is 0 Å². The van der Waals surface area contributed by atoms with Gasteiger partial charge < -0.3 is 4.74 Å². The molecule has 2 nitrogen and oxygen atoms in total. The summed E-state index contributed by atoms with van der Waals surface area (Å²) in [5, 5.41) is 0. The molecule has 0 bridgehead atoms. The van der Waals surface area contributed by atoms with Crippen LogP contribution in [-0.2, 0) is 9.53 Å². The SMILES string of the molecule is CCCCCCC(=O)O[C@@H](C)CCCCCC. The lowest BCUT2D eigenvalue weighted by Gasteiger charge is -2.12. The third-order valence-electron chi connectivity index (χ3n) is 3.03. The summed E-state index contributed by atoms with van der Waals surface area (Å²) in [6, 6.07) is 0.